The zero-order valence-corrected chi connectivity index (χ0v) is 15.7. The molecule has 0 spiro atoms. The van der Waals surface area contributed by atoms with Crippen LogP contribution in [-0.4, -0.2) is 55.5 Å². The number of methoxy groups -OCH3 is 1. The summed E-state index contributed by atoms with van der Waals surface area (Å²) in [7, 11) is 3.04. The van der Waals surface area contributed by atoms with Gasteiger partial charge in [-0.25, -0.2) is 9.59 Å². The smallest absolute Gasteiger partial charge is 0.408 e. The SMILES string of the molecule is COCC(=O)N(C)c1cccc(CC(NC(=O)OC(C)(C)C)C(=O)O)c1. The van der Waals surface area contributed by atoms with Crippen LogP contribution < -0.4 is 10.2 Å². The molecular formula is C18H26N2O6. The second-order valence-electron chi connectivity index (χ2n) is 6.80. The zero-order valence-electron chi connectivity index (χ0n) is 15.7. The van der Waals surface area contributed by atoms with E-state index in [9.17, 15) is 19.5 Å². The Balaban J connectivity index is 2.86. The first-order valence-electron chi connectivity index (χ1n) is 8.10. The average molecular weight is 366 g/mol. The highest BCUT2D eigenvalue weighted by Gasteiger charge is 2.24. The van der Waals surface area contributed by atoms with E-state index < -0.39 is 23.7 Å². The zero-order chi connectivity index (χ0) is 19.9. The number of hydrogen-bond donors (Lipinski definition) is 2. The first-order valence-corrected chi connectivity index (χ1v) is 8.10. The summed E-state index contributed by atoms with van der Waals surface area (Å²) in [4.78, 5) is 36.6. The predicted octanol–water partition coefficient (Wildman–Crippen LogP) is 1.82. The van der Waals surface area contributed by atoms with E-state index in [-0.39, 0.29) is 18.9 Å². The topological polar surface area (TPSA) is 105 Å². The van der Waals surface area contributed by atoms with E-state index in [1.165, 1.54) is 12.0 Å². The first kappa shape index (κ1) is 21.4. The van der Waals surface area contributed by atoms with Crippen LogP contribution in [0.15, 0.2) is 24.3 Å². The highest BCUT2D eigenvalue weighted by atomic mass is 16.6. The molecule has 0 fully saturated rings. The van der Waals surface area contributed by atoms with Gasteiger partial charge in [-0.2, -0.15) is 0 Å². The molecule has 0 radical (unpaired) electrons. The Labute approximate surface area is 153 Å². The van der Waals surface area contributed by atoms with Gasteiger partial charge in [-0.3, -0.25) is 4.79 Å². The number of hydrogen-bond acceptors (Lipinski definition) is 5. The molecular weight excluding hydrogens is 340 g/mol. The highest BCUT2D eigenvalue weighted by Crippen LogP contribution is 2.17. The number of alkyl carbamates (subject to hydrolysis) is 1. The second-order valence-corrected chi connectivity index (χ2v) is 6.80. The highest BCUT2D eigenvalue weighted by molar-refractivity contribution is 5.93. The van der Waals surface area contributed by atoms with Crippen molar-refractivity contribution in [1.29, 1.82) is 0 Å². The van der Waals surface area contributed by atoms with Crippen molar-refractivity contribution in [3.05, 3.63) is 29.8 Å². The molecule has 2 amide bonds. The second kappa shape index (κ2) is 9.19. The van der Waals surface area contributed by atoms with Gasteiger partial charge < -0.3 is 24.8 Å². The molecule has 0 aromatic heterocycles. The molecule has 1 atom stereocenters. The third-order valence-corrected chi connectivity index (χ3v) is 3.37. The van der Waals surface area contributed by atoms with Gasteiger partial charge in [0, 0.05) is 26.3 Å². The van der Waals surface area contributed by atoms with Crippen molar-refractivity contribution in [3.63, 3.8) is 0 Å². The van der Waals surface area contributed by atoms with Crippen LogP contribution in [-0.2, 0) is 25.5 Å². The molecule has 2 N–H and O–H groups in total. The normalized spacial score (nSPS) is 12.2. The maximum atomic E-state index is 11.9. The van der Waals surface area contributed by atoms with E-state index in [2.05, 4.69) is 5.32 Å². The Hall–Kier alpha value is -2.61. The Kier molecular flexibility index (Phi) is 7.57. The standard InChI is InChI=1S/C18H26N2O6/c1-18(2,3)26-17(24)19-14(16(22)23)10-12-7-6-8-13(9-12)20(4)15(21)11-25-5/h6-9,14H,10-11H2,1-5H3,(H,19,24)(H,22,23). The van der Waals surface area contributed by atoms with Crippen LogP contribution in [0.5, 0.6) is 0 Å². The van der Waals surface area contributed by atoms with Gasteiger partial charge in [0.15, 0.2) is 0 Å². The number of anilines is 1. The molecule has 0 saturated heterocycles. The van der Waals surface area contributed by atoms with Crippen molar-refractivity contribution in [3.8, 4) is 0 Å². The van der Waals surface area contributed by atoms with Gasteiger partial charge in [-0.1, -0.05) is 12.1 Å². The Morgan fingerprint density at radius 1 is 1.27 bits per heavy atom. The quantitative estimate of drug-likeness (QED) is 0.763. The third-order valence-electron chi connectivity index (χ3n) is 3.37. The number of likely N-dealkylation sites (N-methyl/N-ethyl adjacent to an activating group) is 1. The van der Waals surface area contributed by atoms with Crippen LogP contribution in [0.1, 0.15) is 26.3 Å². The predicted molar refractivity (Wildman–Crippen MR) is 96.2 cm³/mol. The molecule has 0 heterocycles. The number of nitrogens with one attached hydrogen (secondary N) is 1. The van der Waals surface area contributed by atoms with E-state index in [1.54, 1.807) is 52.1 Å². The molecule has 8 nitrogen and oxygen atoms in total. The summed E-state index contributed by atoms with van der Waals surface area (Å²) in [6.45, 7) is 5.02. The molecule has 1 aromatic rings. The van der Waals surface area contributed by atoms with Crippen molar-refractivity contribution in [2.75, 3.05) is 25.7 Å². The molecule has 0 aliphatic heterocycles. The Bertz CT molecular complexity index is 653. The molecule has 0 bridgehead atoms. The minimum absolute atomic E-state index is 0.0503. The number of benzene rings is 1. The molecule has 0 aliphatic rings. The molecule has 1 unspecified atom stereocenters. The minimum Gasteiger partial charge on any atom is -0.480 e. The average Bonchev–Trinajstić information content (AvgIpc) is 2.52. The molecule has 8 heteroatoms. The number of ether oxygens (including phenoxy) is 2. The van der Waals surface area contributed by atoms with Gasteiger partial charge in [-0.15, -0.1) is 0 Å². The van der Waals surface area contributed by atoms with Crippen LogP contribution in [0, 0.1) is 0 Å². The molecule has 1 aromatic carbocycles. The summed E-state index contributed by atoms with van der Waals surface area (Å²) >= 11 is 0. The fourth-order valence-electron chi connectivity index (χ4n) is 2.14. The first-order chi connectivity index (χ1) is 12.0. The van der Waals surface area contributed by atoms with Gasteiger partial charge in [-0.05, 0) is 38.5 Å². The lowest BCUT2D eigenvalue weighted by Crippen LogP contribution is -2.44. The monoisotopic (exact) mass is 366 g/mol. The summed E-state index contributed by atoms with van der Waals surface area (Å²) in [5.74, 6) is -1.41. The molecule has 0 aliphatic carbocycles. The van der Waals surface area contributed by atoms with Crippen LogP contribution in [0.3, 0.4) is 0 Å². The molecule has 1 rings (SSSR count). The lowest BCUT2D eigenvalue weighted by Gasteiger charge is -2.22. The van der Waals surface area contributed by atoms with Crippen molar-refractivity contribution in [1.82, 2.24) is 5.32 Å². The maximum absolute atomic E-state index is 11.9. The lowest BCUT2D eigenvalue weighted by molar-refractivity contribution is -0.139. The summed E-state index contributed by atoms with van der Waals surface area (Å²) in [5, 5.41) is 11.7. The number of carbonyl (C=O) groups excluding carboxylic acids is 2. The van der Waals surface area contributed by atoms with Gasteiger partial charge in [0.2, 0.25) is 0 Å². The molecule has 144 valence electrons. The fraction of sp³-hybridized carbons (Fsp3) is 0.500. The van der Waals surface area contributed by atoms with E-state index in [0.717, 1.165) is 0 Å². The van der Waals surface area contributed by atoms with Crippen molar-refractivity contribution in [2.24, 2.45) is 0 Å². The number of rotatable bonds is 7. The third kappa shape index (κ3) is 7.10. The Morgan fingerprint density at radius 2 is 1.92 bits per heavy atom. The van der Waals surface area contributed by atoms with Crippen LogP contribution in [0.25, 0.3) is 0 Å². The molecule has 0 saturated carbocycles. The fourth-order valence-corrected chi connectivity index (χ4v) is 2.14. The lowest BCUT2D eigenvalue weighted by atomic mass is 10.1. The Morgan fingerprint density at radius 3 is 2.46 bits per heavy atom. The summed E-state index contributed by atoms with van der Waals surface area (Å²) in [6, 6.07) is 5.72. The number of aliphatic carboxylic acids is 1. The maximum Gasteiger partial charge on any atom is 0.408 e. The van der Waals surface area contributed by atoms with Gasteiger partial charge in [0.25, 0.3) is 5.91 Å². The van der Waals surface area contributed by atoms with Crippen molar-refractivity contribution in [2.45, 2.75) is 38.8 Å². The van der Waals surface area contributed by atoms with Crippen LogP contribution >= 0.6 is 0 Å². The van der Waals surface area contributed by atoms with E-state index in [1.807, 2.05) is 0 Å². The minimum atomic E-state index is -1.18. The van der Waals surface area contributed by atoms with Crippen molar-refractivity contribution < 1.29 is 29.0 Å². The number of nitrogens with zero attached hydrogens (tertiary/aromatic N) is 1. The summed E-state index contributed by atoms with van der Waals surface area (Å²) in [5.41, 5.74) is 0.534. The van der Waals surface area contributed by atoms with Crippen LogP contribution in [0.4, 0.5) is 10.5 Å². The number of carbonyl (C=O) groups is 3. The molecule has 26 heavy (non-hydrogen) atoms. The van der Waals surface area contributed by atoms with Crippen LogP contribution in [0.2, 0.25) is 0 Å². The number of carboxylic acids is 1. The summed E-state index contributed by atoms with van der Waals surface area (Å²) in [6.07, 6.45) is -0.747. The van der Waals surface area contributed by atoms with E-state index in [0.29, 0.717) is 11.3 Å². The van der Waals surface area contributed by atoms with E-state index in [4.69, 9.17) is 9.47 Å². The van der Waals surface area contributed by atoms with Gasteiger partial charge >= 0.3 is 12.1 Å². The van der Waals surface area contributed by atoms with E-state index >= 15 is 0 Å². The largest absolute Gasteiger partial charge is 0.480 e. The summed E-state index contributed by atoms with van der Waals surface area (Å²) < 4.78 is 9.92. The number of amides is 2. The number of carboxylic acid groups (broad SMARTS) is 1. The van der Waals surface area contributed by atoms with Gasteiger partial charge in [0.05, 0.1) is 0 Å². The van der Waals surface area contributed by atoms with Crippen molar-refractivity contribution >= 4 is 23.7 Å². The van der Waals surface area contributed by atoms with Gasteiger partial charge in [0.1, 0.15) is 18.2 Å².